The lowest BCUT2D eigenvalue weighted by Crippen LogP contribution is -2.28. The van der Waals surface area contributed by atoms with Crippen molar-refractivity contribution in [3.05, 3.63) is 0 Å². The fourth-order valence-electron chi connectivity index (χ4n) is 2.17. The van der Waals surface area contributed by atoms with Crippen LogP contribution in [0.1, 0.15) is 46.5 Å². The van der Waals surface area contributed by atoms with E-state index in [0.717, 1.165) is 0 Å². The third-order valence-electron chi connectivity index (χ3n) is 2.93. The molecule has 1 nitrogen and oxygen atoms in total. The second-order valence-corrected chi connectivity index (χ2v) is 4.76. The van der Waals surface area contributed by atoms with Crippen LogP contribution < -0.4 is 0 Å². The van der Waals surface area contributed by atoms with Crippen molar-refractivity contribution in [3.8, 4) is 0 Å². The zero-order valence-corrected chi connectivity index (χ0v) is 7.93. The molecule has 0 aromatic rings. The molecule has 1 fully saturated rings. The Bertz CT molecular complexity index is 127. The minimum atomic E-state index is -0.102. The summed E-state index contributed by atoms with van der Waals surface area (Å²) in [5.41, 5.74) is 0.472. The molecule has 11 heavy (non-hydrogen) atoms. The molecule has 1 heteroatoms. The van der Waals surface area contributed by atoms with Crippen molar-refractivity contribution in [1.82, 2.24) is 0 Å². The summed E-state index contributed by atoms with van der Waals surface area (Å²) in [5.74, 6) is 0.554. The standard InChI is InChI=1S/C10H20O/c1-8(11)9-5-4-6-10(2,3)7-9/h8-9,11H,4-7H2,1-3H3/t8-,9?/m1/s1. The van der Waals surface area contributed by atoms with Crippen molar-refractivity contribution in [2.24, 2.45) is 11.3 Å². The van der Waals surface area contributed by atoms with E-state index in [1.54, 1.807) is 0 Å². The second-order valence-electron chi connectivity index (χ2n) is 4.76. The zero-order chi connectivity index (χ0) is 8.48. The van der Waals surface area contributed by atoms with Crippen molar-refractivity contribution in [1.29, 1.82) is 0 Å². The molecule has 0 saturated heterocycles. The Morgan fingerprint density at radius 3 is 2.45 bits per heavy atom. The third kappa shape index (κ3) is 2.48. The van der Waals surface area contributed by atoms with Gasteiger partial charge in [-0.2, -0.15) is 0 Å². The average molecular weight is 156 g/mol. The average Bonchev–Trinajstić information content (AvgIpc) is 1.85. The van der Waals surface area contributed by atoms with Gasteiger partial charge in [0.1, 0.15) is 0 Å². The lowest BCUT2D eigenvalue weighted by Gasteiger charge is -2.36. The smallest absolute Gasteiger partial charge is 0.0540 e. The van der Waals surface area contributed by atoms with Crippen molar-refractivity contribution >= 4 is 0 Å². The Balaban J connectivity index is 2.46. The van der Waals surface area contributed by atoms with Crippen molar-refractivity contribution in [3.63, 3.8) is 0 Å². The molecule has 66 valence electrons. The lowest BCUT2D eigenvalue weighted by molar-refractivity contribution is 0.0588. The molecule has 0 bridgehead atoms. The summed E-state index contributed by atoms with van der Waals surface area (Å²) in [6.45, 7) is 6.54. The topological polar surface area (TPSA) is 20.2 Å². The molecular formula is C10H20O. The van der Waals surface area contributed by atoms with Gasteiger partial charge in [0.05, 0.1) is 6.10 Å². The minimum Gasteiger partial charge on any atom is -0.393 e. The SMILES string of the molecule is C[C@@H](O)C1CCCC(C)(C)C1. The summed E-state index contributed by atoms with van der Waals surface area (Å²) in [7, 11) is 0. The van der Waals surface area contributed by atoms with Crippen molar-refractivity contribution < 1.29 is 5.11 Å². The molecule has 0 spiro atoms. The highest BCUT2D eigenvalue weighted by atomic mass is 16.3. The molecule has 1 rings (SSSR count). The van der Waals surface area contributed by atoms with E-state index in [9.17, 15) is 5.11 Å². The normalized spacial score (nSPS) is 33.3. The van der Waals surface area contributed by atoms with E-state index >= 15 is 0 Å². The summed E-state index contributed by atoms with van der Waals surface area (Å²) < 4.78 is 0. The van der Waals surface area contributed by atoms with E-state index in [2.05, 4.69) is 13.8 Å². The van der Waals surface area contributed by atoms with Crippen LogP contribution in [-0.4, -0.2) is 11.2 Å². The number of hydrogen-bond acceptors (Lipinski definition) is 1. The van der Waals surface area contributed by atoms with Crippen LogP contribution in [0.15, 0.2) is 0 Å². The van der Waals surface area contributed by atoms with Gasteiger partial charge < -0.3 is 5.11 Å². The Morgan fingerprint density at radius 2 is 2.09 bits per heavy atom. The molecule has 0 heterocycles. The van der Waals surface area contributed by atoms with Crippen LogP contribution in [0.25, 0.3) is 0 Å². The predicted molar refractivity (Wildman–Crippen MR) is 47.4 cm³/mol. The van der Waals surface area contributed by atoms with Crippen LogP contribution in [0, 0.1) is 11.3 Å². The maximum Gasteiger partial charge on any atom is 0.0540 e. The van der Waals surface area contributed by atoms with E-state index < -0.39 is 0 Å². The summed E-state index contributed by atoms with van der Waals surface area (Å²) in [4.78, 5) is 0. The van der Waals surface area contributed by atoms with Crippen LogP contribution in [0.3, 0.4) is 0 Å². The van der Waals surface area contributed by atoms with E-state index in [4.69, 9.17) is 0 Å². The van der Waals surface area contributed by atoms with E-state index in [1.807, 2.05) is 6.92 Å². The van der Waals surface area contributed by atoms with Gasteiger partial charge in [-0.1, -0.05) is 20.3 Å². The fraction of sp³-hybridized carbons (Fsp3) is 1.00. The largest absolute Gasteiger partial charge is 0.393 e. The van der Waals surface area contributed by atoms with Gasteiger partial charge >= 0.3 is 0 Å². The Hall–Kier alpha value is -0.0400. The number of aliphatic hydroxyl groups excluding tert-OH is 1. The Labute approximate surface area is 69.8 Å². The fourth-order valence-corrected chi connectivity index (χ4v) is 2.17. The first-order valence-electron chi connectivity index (χ1n) is 4.69. The van der Waals surface area contributed by atoms with Gasteiger partial charge in [-0.25, -0.2) is 0 Å². The second kappa shape index (κ2) is 3.14. The number of aliphatic hydroxyl groups is 1. The quantitative estimate of drug-likeness (QED) is 0.618. The molecule has 0 aromatic carbocycles. The molecule has 1 aliphatic carbocycles. The highest BCUT2D eigenvalue weighted by Gasteiger charge is 2.29. The predicted octanol–water partition coefficient (Wildman–Crippen LogP) is 2.58. The van der Waals surface area contributed by atoms with Crippen molar-refractivity contribution in [2.45, 2.75) is 52.6 Å². The van der Waals surface area contributed by atoms with Gasteiger partial charge in [-0.05, 0) is 37.5 Å². The van der Waals surface area contributed by atoms with Gasteiger partial charge in [-0.3, -0.25) is 0 Å². The molecule has 1 unspecified atom stereocenters. The van der Waals surface area contributed by atoms with Crippen molar-refractivity contribution in [2.75, 3.05) is 0 Å². The first kappa shape index (κ1) is 9.05. The molecule has 0 aliphatic heterocycles. The molecule has 0 radical (unpaired) electrons. The monoisotopic (exact) mass is 156 g/mol. The molecular weight excluding hydrogens is 136 g/mol. The first-order chi connectivity index (χ1) is 5.01. The van der Waals surface area contributed by atoms with E-state index in [-0.39, 0.29) is 6.10 Å². The summed E-state index contributed by atoms with van der Waals surface area (Å²) in [6, 6.07) is 0. The highest BCUT2D eigenvalue weighted by molar-refractivity contribution is 4.81. The zero-order valence-electron chi connectivity index (χ0n) is 7.93. The van der Waals surface area contributed by atoms with E-state index in [1.165, 1.54) is 25.7 Å². The molecule has 0 aromatic heterocycles. The number of hydrogen-bond donors (Lipinski definition) is 1. The van der Waals surface area contributed by atoms with E-state index in [0.29, 0.717) is 11.3 Å². The first-order valence-corrected chi connectivity index (χ1v) is 4.69. The summed E-state index contributed by atoms with van der Waals surface area (Å²) in [6.07, 6.45) is 4.94. The third-order valence-corrected chi connectivity index (χ3v) is 2.93. The van der Waals surface area contributed by atoms with Gasteiger partial charge in [-0.15, -0.1) is 0 Å². The molecule has 1 aliphatic rings. The van der Waals surface area contributed by atoms with Crippen LogP contribution in [-0.2, 0) is 0 Å². The maximum absolute atomic E-state index is 9.41. The molecule has 2 atom stereocenters. The summed E-state index contributed by atoms with van der Waals surface area (Å²) in [5, 5.41) is 9.41. The van der Waals surface area contributed by atoms with Crippen LogP contribution >= 0.6 is 0 Å². The maximum atomic E-state index is 9.41. The molecule has 1 saturated carbocycles. The minimum absolute atomic E-state index is 0.102. The lowest BCUT2D eigenvalue weighted by atomic mass is 9.71. The Morgan fingerprint density at radius 1 is 1.45 bits per heavy atom. The van der Waals surface area contributed by atoms with Crippen LogP contribution in [0.5, 0.6) is 0 Å². The van der Waals surface area contributed by atoms with Crippen LogP contribution in [0.2, 0.25) is 0 Å². The van der Waals surface area contributed by atoms with Gasteiger partial charge in [0.25, 0.3) is 0 Å². The van der Waals surface area contributed by atoms with Gasteiger partial charge in [0.15, 0.2) is 0 Å². The summed E-state index contributed by atoms with van der Waals surface area (Å²) >= 11 is 0. The van der Waals surface area contributed by atoms with Gasteiger partial charge in [0.2, 0.25) is 0 Å². The highest BCUT2D eigenvalue weighted by Crippen LogP contribution is 2.39. The Kier molecular flexibility index (Phi) is 2.58. The molecule has 1 N–H and O–H groups in total. The van der Waals surface area contributed by atoms with Gasteiger partial charge in [0, 0.05) is 0 Å². The number of rotatable bonds is 1. The van der Waals surface area contributed by atoms with Crippen LogP contribution in [0.4, 0.5) is 0 Å². The molecule has 0 amide bonds.